The predicted octanol–water partition coefficient (Wildman–Crippen LogP) is 4.81. The van der Waals surface area contributed by atoms with Gasteiger partial charge in [-0.15, -0.1) is 0 Å². The maximum absolute atomic E-state index is 13.8. The van der Waals surface area contributed by atoms with Crippen LogP contribution in [-0.4, -0.2) is 50.1 Å². The Hall–Kier alpha value is -4.00. The van der Waals surface area contributed by atoms with Gasteiger partial charge in [-0.1, -0.05) is 48.5 Å². The van der Waals surface area contributed by atoms with Crippen LogP contribution >= 0.6 is 0 Å². The first-order chi connectivity index (χ1) is 18.3. The summed E-state index contributed by atoms with van der Waals surface area (Å²) in [6.07, 6.45) is 1.14. The Morgan fingerprint density at radius 3 is 2.16 bits per heavy atom. The van der Waals surface area contributed by atoms with E-state index in [4.69, 9.17) is 14.2 Å². The lowest BCUT2D eigenvalue weighted by atomic mass is 10.0. The van der Waals surface area contributed by atoms with E-state index in [1.54, 1.807) is 26.2 Å². The van der Waals surface area contributed by atoms with E-state index in [2.05, 4.69) is 5.32 Å². The van der Waals surface area contributed by atoms with Crippen molar-refractivity contribution in [3.8, 4) is 17.2 Å². The van der Waals surface area contributed by atoms with Gasteiger partial charge in [0.05, 0.1) is 21.3 Å². The normalized spacial score (nSPS) is 11.5. The molecule has 0 saturated heterocycles. The number of methoxy groups -OCH3 is 3. The van der Waals surface area contributed by atoms with Gasteiger partial charge < -0.3 is 24.4 Å². The predicted molar refractivity (Wildman–Crippen MR) is 149 cm³/mol. The molecule has 38 heavy (non-hydrogen) atoms. The Morgan fingerprint density at radius 1 is 0.789 bits per heavy atom. The Morgan fingerprint density at radius 2 is 1.50 bits per heavy atom. The molecule has 0 heterocycles. The highest BCUT2D eigenvalue weighted by molar-refractivity contribution is 5.88. The van der Waals surface area contributed by atoms with Crippen LogP contribution in [0.2, 0.25) is 0 Å². The van der Waals surface area contributed by atoms with Gasteiger partial charge in [0.15, 0.2) is 11.5 Å². The molecule has 1 N–H and O–H groups in total. The molecule has 0 aliphatic rings. The van der Waals surface area contributed by atoms with E-state index < -0.39 is 6.04 Å². The number of aryl methyl sites for hydroxylation is 1. The summed E-state index contributed by atoms with van der Waals surface area (Å²) in [7, 11) is 4.79. The molecular formula is C31H38N2O5. The third kappa shape index (κ3) is 8.00. The second kappa shape index (κ2) is 14.1. The van der Waals surface area contributed by atoms with Crippen LogP contribution in [0.15, 0.2) is 72.8 Å². The Kier molecular flexibility index (Phi) is 10.6. The second-order valence-corrected chi connectivity index (χ2v) is 9.43. The average Bonchev–Trinajstić information content (AvgIpc) is 2.93. The van der Waals surface area contributed by atoms with Gasteiger partial charge in [0.2, 0.25) is 11.8 Å². The van der Waals surface area contributed by atoms with Crippen LogP contribution in [-0.2, 0) is 29.0 Å². The van der Waals surface area contributed by atoms with Crippen LogP contribution in [0.25, 0.3) is 0 Å². The van der Waals surface area contributed by atoms with E-state index in [-0.39, 0.29) is 30.8 Å². The number of carbonyl (C=O) groups is 2. The molecule has 3 aromatic rings. The van der Waals surface area contributed by atoms with Crippen molar-refractivity contribution in [1.29, 1.82) is 0 Å². The lowest BCUT2D eigenvalue weighted by Gasteiger charge is -2.32. The van der Waals surface area contributed by atoms with Gasteiger partial charge in [0, 0.05) is 25.4 Å². The van der Waals surface area contributed by atoms with Crippen molar-refractivity contribution in [2.45, 2.75) is 51.7 Å². The number of benzene rings is 3. The second-order valence-electron chi connectivity index (χ2n) is 9.43. The molecule has 0 bridgehead atoms. The quantitative estimate of drug-likeness (QED) is 0.351. The van der Waals surface area contributed by atoms with E-state index in [0.717, 1.165) is 16.7 Å². The molecule has 0 aliphatic carbocycles. The molecule has 0 spiro atoms. The first kappa shape index (κ1) is 28.6. The molecule has 0 aliphatic heterocycles. The first-order valence-electron chi connectivity index (χ1n) is 12.8. The fraction of sp³-hybridized carbons (Fsp3) is 0.355. The number of rotatable bonds is 13. The van der Waals surface area contributed by atoms with Crippen molar-refractivity contribution in [3.63, 3.8) is 0 Å². The third-order valence-corrected chi connectivity index (χ3v) is 6.26. The van der Waals surface area contributed by atoms with Crippen LogP contribution in [0.3, 0.4) is 0 Å². The summed E-state index contributed by atoms with van der Waals surface area (Å²) in [4.78, 5) is 29.0. The standard InChI is InChI=1S/C31H38N2O5/c1-22(2)32-31(35)27(19-23-10-7-6-8-11-23)33(21-25-12-9-13-26(18-25)36-3)30(34)17-15-24-14-16-28(37-4)29(20-24)38-5/h6-14,16,18,20,22,27H,15,17,19,21H2,1-5H3,(H,32,35). The highest BCUT2D eigenvalue weighted by Gasteiger charge is 2.30. The van der Waals surface area contributed by atoms with Gasteiger partial charge in [-0.05, 0) is 61.2 Å². The summed E-state index contributed by atoms with van der Waals surface area (Å²) < 4.78 is 16.1. The summed E-state index contributed by atoms with van der Waals surface area (Å²) in [5.74, 6) is 1.67. The van der Waals surface area contributed by atoms with Crippen LogP contribution in [0.5, 0.6) is 17.2 Å². The SMILES string of the molecule is COc1cccc(CN(C(=O)CCc2ccc(OC)c(OC)c2)C(Cc2ccccc2)C(=O)NC(C)C)c1. The molecule has 202 valence electrons. The Labute approximate surface area is 225 Å². The highest BCUT2D eigenvalue weighted by atomic mass is 16.5. The third-order valence-electron chi connectivity index (χ3n) is 6.26. The van der Waals surface area contributed by atoms with Gasteiger partial charge in [-0.2, -0.15) is 0 Å². The minimum Gasteiger partial charge on any atom is -0.497 e. The fourth-order valence-corrected chi connectivity index (χ4v) is 4.33. The average molecular weight is 519 g/mol. The molecule has 7 nitrogen and oxygen atoms in total. The molecule has 0 saturated carbocycles. The van der Waals surface area contributed by atoms with Crippen LogP contribution in [0, 0.1) is 0 Å². The lowest BCUT2D eigenvalue weighted by Crippen LogP contribution is -2.51. The number of hydrogen-bond acceptors (Lipinski definition) is 5. The molecule has 3 aromatic carbocycles. The summed E-state index contributed by atoms with van der Waals surface area (Å²) in [5, 5.41) is 3.02. The van der Waals surface area contributed by atoms with Crippen molar-refractivity contribution < 1.29 is 23.8 Å². The zero-order chi connectivity index (χ0) is 27.5. The van der Waals surface area contributed by atoms with Crippen molar-refractivity contribution in [2.24, 2.45) is 0 Å². The molecule has 2 amide bonds. The number of amides is 2. The lowest BCUT2D eigenvalue weighted by molar-refractivity contribution is -0.141. The largest absolute Gasteiger partial charge is 0.497 e. The highest BCUT2D eigenvalue weighted by Crippen LogP contribution is 2.28. The first-order valence-corrected chi connectivity index (χ1v) is 12.8. The Bertz CT molecular complexity index is 1200. The number of hydrogen-bond donors (Lipinski definition) is 1. The zero-order valence-electron chi connectivity index (χ0n) is 22.9. The van der Waals surface area contributed by atoms with Gasteiger partial charge in [-0.3, -0.25) is 9.59 Å². The van der Waals surface area contributed by atoms with Crippen LogP contribution in [0.4, 0.5) is 0 Å². The number of nitrogens with one attached hydrogen (secondary N) is 1. The topological polar surface area (TPSA) is 77.1 Å². The maximum Gasteiger partial charge on any atom is 0.243 e. The zero-order valence-corrected chi connectivity index (χ0v) is 22.9. The van der Waals surface area contributed by atoms with E-state index >= 15 is 0 Å². The van der Waals surface area contributed by atoms with Gasteiger partial charge >= 0.3 is 0 Å². The van der Waals surface area contributed by atoms with Gasteiger partial charge in [-0.25, -0.2) is 0 Å². The summed E-state index contributed by atoms with van der Waals surface area (Å²) >= 11 is 0. The number of carbonyl (C=O) groups excluding carboxylic acids is 2. The molecule has 1 unspecified atom stereocenters. The van der Waals surface area contributed by atoms with E-state index in [0.29, 0.717) is 30.1 Å². The summed E-state index contributed by atoms with van der Waals surface area (Å²) in [6, 6.07) is 22.3. The molecule has 0 fully saturated rings. The van der Waals surface area contributed by atoms with Crippen molar-refractivity contribution in [3.05, 3.63) is 89.5 Å². The smallest absolute Gasteiger partial charge is 0.243 e. The molecule has 0 aromatic heterocycles. The van der Waals surface area contributed by atoms with Crippen molar-refractivity contribution in [1.82, 2.24) is 10.2 Å². The van der Waals surface area contributed by atoms with E-state index in [9.17, 15) is 9.59 Å². The van der Waals surface area contributed by atoms with Crippen LogP contribution in [0.1, 0.15) is 37.0 Å². The van der Waals surface area contributed by atoms with Crippen LogP contribution < -0.4 is 19.5 Å². The van der Waals surface area contributed by atoms with E-state index in [1.807, 2.05) is 86.6 Å². The Balaban J connectivity index is 1.92. The molecule has 0 radical (unpaired) electrons. The minimum absolute atomic E-state index is 0.0543. The van der Waals surface area contributed by atoms with E-state index in [1.165, 1.54) is 0 Å². The maximum atomic E-state index is 13.8. The number of ether oxygens (including phenoxy) is 3. The number of nitrogens with zero attached hydrogens (tertiary/aromatic N) is 1. The summed E-state index contributed by atoms with van der Waals surface area (Å²) in [6.45, 7) is 4.12. The molecule has 3 rings (SSSR count). The molecule has 7 heteroatoms. The van der Waals surface area contributed by atoms with Gasteiger partial charge in [0.25, 0.3) is 0 Å². The van der Waals surface area contributed by atoms with Crippen molar-refractivity contribution >= 4 is 11.8 Å². The molecular weight excluding hydrogens is 480 g/mol. The summed E-state index contributed by atoms with van der Waals surface area (Å²) in [5.41, 5.74) is 2.82. The van der Waals surface area contributed by atoms with Gasteiger partial charge in [0.1, 0.15) is 11.8 Å². The van der Waals surface area contributed by atoms with Crippen molar-refractivity contribution in [2.75, 3.05) is 21.3 Å². The fourth-order valence-electron chi connectivity index (χ4n) is 4.33. The minimum atomic E-state index is -0.677. The monoisotopic (exact) mass is 518 g/mol. The molecule has 1 atom stereocenters.